The van der Waals surface area contributed by atoms with Gasteiger partial charge in [0, 0.05) is 45.1 Å². The fourth-order valence-electron chi connectivity index (χ4n) is 1.96. The van der Waals surface area contributed by atoms with E-state index in [2.05, 4.69) is 106 Å². The summed E-state index contributed by atoms with van der Waals surface area (Å²) >= 11 is 20.5. The van der Waals surface area contributed by atoms with E-state index in [1.54, 1.807) is 0 Å². The van der Waals surface area contributed by atoms with E-state index in [-0.39, 0.29) is 11.8 Å². The molecule has 0 aliphatic carbocycles. The summed E-state index contributed by atoms with van der Waals surface area (Å²) in [5, 5.41) is 9.70. The van der Waals surface area contributed by atoms with Gasteiger partial charge in [0.05, 0.1) is 10.8 Å². The van der Waals surface area contributed by atoms with Gasteiger partial charge in [-0.15, -0.1) is 0 Å². The summed E-state index contributed by atoms with van der Waals surface area (Å²) in [5.74, 6) is 0.122. The summed E-state index contributed by atoms with van der Waals surface area (Å²) in [7, 11) is 0. The van der Waals surface area contributed by atoms with Crippen LogP contribution in [0, 0.1) is 10.8 Å². The molecule has 0 aliphatic heterocycles. The van der Waals surface area contributed by atoms with Crippen LogP contribution in [0.25, 0.3) is 0 Å². The molecule has 0 bridgehead atoms. The highest BCUT2D eigenvalue weighted by Gasteiger charge is 2.35. The highest BCUT2D eigenvalue weighted by Crippen LogP contribution is 2.27. The van der Waals surface area contributed by atoms with Crippen molar-refractivity contribution >= 4 is 107 Å². The van der Waals surface area contributed by atoms with Crippen LogP contribution >= 0.6 is 95.6 Å². The number of hydrogen-bond donors (Lipinski definition) is 2. The fourth-order valence-corrected chi connectivity index (χ4v) is 9.06. The maximum Gasteiger partial charge on any atom is 0.228 e. The van der Waals surface area contributed by atoms with Crippen molar-refractivity contribution in [2.45, 2.75) is 25.7 Å². The third kappa shape index (κ3) is 8.67. The molecule has 2 N–H and O–H groups in total. The monoisotopic (exact) mass is 752 g/mol. The largest absolute Gasteiger partial charge is 0.356 e. The summed E-state index contributed by atoms with van der Waals surface area (Å²) in [4.78, 5) is 24.6. The molecule has 26 heavy (non-hydrogen) atoms. The molecule has 0 aromatic carbocycles. The lowest BCUT2D eigenvalue weighted by molar-refractivity contribution is -0.128. The number of amides is 2. The number of nitrogens with one attached hydrogen (secondary N) is 2. The molecule has 0 unspecified atom stereocenters. The molecule has 2 amide bonds. The maximum atomic E-state index is 12.3. The van der Waals surface area contributed by atoms with Gasteiger partial charge in [-0.25, -0.2) is 0 Å². The van der Waals surface area contributed by atoms with Crippen molar-refractivity contribution in [2.24, 2.45) is 10.8 Å². The van der Waals surface area contributed by atoms with Crippen LogP contribution in [-0.4, -0.2) is 56.9 Å². The van der Waals surface area contributed by atoms with Crippen LogP contribution in [-0.2, 0) is 9.59 Å². The highest BCUT2D eigenvalue weighted by atomic mass is 79.9. The second kappa shape index (κ2) is 15.6. The van der Waals surface area contributed by atoms with Crippen LogP contribution in [0.5, 0.6) is 0 Å². The molecule has 0 fully saturated rings. The van der Waals surface area contributed by atoms with Crippen molar-refractivity contribution in [1.29, 1.82) is 0 Å². The Morgan fingerprint density at radius 1 is 0.538 bits per heavy atom. The molecule has 0 aromatic heterocycles. The maximum absolute atomic E-state index is 12.3. The van der Waals surface area contributed by atoms with Crippen LogP contribution in [0.1, 0.15) is 25.7 Å². The number of carbonyl (C=O) groups is 2. The van der Waals surface area contributed by atoms with E-state index in [9.17, 15) is 9.59 Å². The summed E-state index contributed by atoms with van der Waals surface area (Å²) in [6, 6.07) is 0. The zero-order valence-corrected chi connectivity index (χ0v) is 24.1. The van der Waals surface area contributed by atoms with E-state index in [0.29, 0.717) is 45.1 Å². The molecule has 10 heteroatoms. The van der Waals surface area contributed by atoms with Gasteiger partial charge < -0.3 is 10.6 Å². The third-order valence-corrected chi connectivity index (χ3v) is 10.6. The van der Waals surface area contributed by atoms with Gasteiger partial charge >= 0.3 is 0 Å². The van der Waals surface area contributed by atoms with Gasteiger partial charge in [-0.05, 0) is 12.8 Å². The Labute approximate surface area is 207 Å². The van der Waals surface area contributed by atoms with Crippen molar-refractivity contribution < 1.29 is 9.59 Å². The van der Waals surface area contributed by atoms with Gasteiger partial charge in [0.2, 0.25) is 11.8 Å². The van der Waals surface area contributed by atoms with Crippen LogP contribution < -0.4 is 10.6 Å². The van der Waals surface area contributed by atoms with Crippen LogP contribution in [0.2, 0.25) is 0 Å². The van der Waals surface area contributed by atoms with E-state index in [1.807, 2.05) is 0 Å². The molecule has 4 nitrogen and oxygen atoms in total. The zero-order chi connectivity index (χ0) is 20.1. The molecule has 0 saturated heterocycles. The molecule has 0 atom stereocenters. The average molecular weight is 758 g/mol. The minimum Gasteiger partial charge on any atom is -0.356 e. The van der Waals surface area contributed by atoms with Crippen molar-refractivity contribution in [3.63, 3.8) is 0 Å². The molecular formula is C16H26Br6N2O2. The quantitative estimate of drug-likeness (QED) is 0.180. The van der Waals surface area contributed by atoms with E-state index >= 15 is 0 Å². The van der Waals surface area contributed by atoms with Gasteiger partial charge in [-0.2, -0.15) is 0 Å². The second-order valence-electron chi connectivity index (χ2n) is 6.29. The Bertz CT molecular complexity index is 363. The summed E-state index contributed by atoms with van der Waals surface area (Å²) in [5.41, 5.74) is -0.895. The zero-order valence-electron chi connectivity index (χ0n) is 14.6. The highest BCUT2D eigenvalue weighted by molar-refractivity contribution is 9.10. The number of alkyl halides is 6. The molecule has 0 spiro atoms. The molecule has 154 valence electrons. The lowest BCUT2D eigenvalue weighted by Crippen LogP contribution is -2.45. The third-order valence-electron chi connectivity index (χ3n) is 4.17. The number of hydrogen-bond acceptors (Lipinski definition) is 2. The summed E-state index contributed by atoms with van der Waals surface area (Å²) < 4.78 is 0. The SMILES string of the molecule is O=C(NCCCCCCNC(=O)C(CBr)(CBr)CBr)C(CBr)(CBr)CBr. The van der Waals surface area contributed by atoms with E-state index in [4.69, 9.17) is 0 Å². The van der Waals surface area contributed by atoms with E-state index in [1.165, 1.54) is 0 Å². The van der Waals surface area contributed by atoms with Gasteiger partial charge in [-0.1, -0.05) is 108 Å². The fraction of sp³-hybridized carbons (Fsp3) is 0.875. The molecule has 0 saturated carbocycles. The molecule has 0 rings (SSSR count). The predicted octanol–water partition coefficient (Wildman–Crippen LogP) is 5.12. The Kier molecular flexibility index (Phi) is 16.7. The molecule has 0 aromatic rings. The first kappa shape index (κ1) is 27.8. The van der Waals surface area contributed by atoms with Crippen molar-refractivity contribution in [3.05, 3.63) is 0 Å². The minimum absolute atomic E-state index is 0.0612. The van der Waals surface area contributed by atoms with Gasteiger partial charge in [0.1, 0.15) is 0 Å². The second-order valence-corrected chi connectivity index (χ2v) is 9.65. The number of halogens is 6. The minimum atomic E-state index is -0.447. The van der Waals surface area contributed by atoms with E-state index < -0.39 is 10.8 Å². The number of carbonyl (C=O) groups excluding carboxylic acids is 2. The first-order chi connectivity index (χ1) is 12.4. The Hall–Kier alpha value is 1.82. The molecule has 0 aliphatic rings. The Balaban J connectivity index is 3.93. The average Bonchev–Trinajstić information content (AvgIpc) is 2.67. The van der Waals surface area contributed by atoms with Crippen LogP contribution in [0.4, 0.5) is 0 Å². The van der Waals surface area contributed by atoms with Gasteiger partial charge in [-0.3, -0.25) is 9.59 Å². The van der Waals surface area contributed by atoms with Crippen LogP contribution in [0.3, 0.4) is 0 Å². The van der Waals surface area contributed by atoms with Crippen molar-refractivity contribution in [3.8, 4) is 0 Å². The lowest BCUT2D eigenvalue weighted by Gasteiger charge is -2.26. The molecule has 0 radical (unpaired) electrons. The standard InChI is InChI=1S/C16H26Br6N2O2/c17-7-15(8-18,9-19)13(25)23-5-3-1-2-4-6-24-14(26)16(10-20,11-21)12-22/h1-12H2,(H,23,25)(H,24,26). The molecule has 0 heterocycles. The summed E-state index contributed by atoms with van der Waals surface area (Å²) in [6.07, 6.45) is 3.94. The molecular weight excluding hydrogens is 732 g/mol. The van der Waals surface area contributed by atoms with Crippen molar-refractivity contribution in [2.75, 3.05) is 45.1 Å². The predicted molar refractivity (Wildman–Crippen MR) is 132 cm³/mol. The first-order valence-corrected chi connectivity index (χ1v) is 15.1. The normalized spacial score (nSPS) is 12.1. The van der Waals surface area contributed by atoms with Crippen molar-refractivity contribution in [1.82, 2.24) is 10.6 Å². The topological polar surface area (TPSA) is 58.2 Å². The smallest absolute Gasteiger partial charge is 0.228 e. The number of rotatable bonds is 15. The summed E-state index contributed by atoms with van der Waals surface area (Å²) in [6.45, 7) is 1.36. The van der Waals surface area contributed by atoms with Gasteiger partial charge in [0.25, 0.3) is 0 Å². The van der Waals surface area contributed by atoms with Crippen LogP contribution in [0.15, 0.2) is 0 Å². The Morgan fingerprint density at radius 2 is 0.808 bits per heavy atom. The lowest BCUT2D eigenvalue weighted by atomic mass is 9.95. The first-order valence-electron chi connectivity index (χ1n) is 8.34. The van der Waals surface area contributed by atoms with Gasteiger partial charge in [0.15, 0.2) is 0 Å². The number of unbranched alkanes of at least 4 members (excludes halogenated alkanes) is 3. The van der Waals surface area contributed by atoms with E-state index in [0.717, 1.165) is 25.7 Å². The Morgan fingerprint density at radius 3 is 1.04 bits per heavy atom.